The molecule has 1 aromatic heterocycles. The minimum Gasteiger partial charge on any atom is -0.327 e. The van der Waals surface area contributed by atoms with Gasteiger partial charge in [-0.2, -0.15) is 0 Å². The van der Waals surface area contributed by atoms with Crippen molar-refractivity contribution < 1.29 is 0 Å². The third-order valence-electron chi connectivity index (χ3n) is 5.06. The highest BCUT2D eigenvalue weighted by Crippen LogP contribution is 2.41. The zero-order valence-electron chi connectivity index (χ0n) is 17.3. The zero-order valence-corrected chi connectivity index (χ0v) is 18.9. The van der Waals surface area contributed by atoms with E-state index >= 15 is 0 Å². The molecule has 5 heteroatoms. The van der Waals surface area contributed by atoms with Crippen molar-refractivity contribution in [1.82, 2.24) is 14.5 Å². The van der Waals surface area contributed by atoms with Crippen molar-refractivity contribution >= 4 is 34.4 Å². The van der Waals surface area contributed by atoms with Crippen LogP contribution in [0.25, 0.3) is 11.0 Å². The number of thioether (sulfide) groups is 1. The molecule has 0 fully saturated rings. The van der Waals surface area contributed by atoms with Gasteiger partial charge in [0.2, 0.25) is 0 Å². The number of nitrogens with zero attached hydrogens (tertiary/aromatic N) is 3. The van der Waals surface area contributed by atoms with E-state index in [-0.39, 0.29) is 5.25 Å². The first-order chi connectivity index (χ1) is 14.6. The van der Waals surface area contributed by atoms with E-state index in [9.17, 15) is 0 Å². The summed E-state index contributed by atoms with van der Waals surface area (Å²) in [6.07, 6.45) is 1.05. The first kappa shape index (κ1) is 21.0. The molecule has 3 aromatic carbocycles. The Balaban J connectivity index is 1.81. The van der Waals surface area contributed by atoms with E-state index in [0.717, 1.165) is 41.4 Å². The molecule has 154 valence electrons. The molecule has 0 bridgehead atoms. The molecule has 4 aromatic rings. The number of aryl methyl sites for hydroxylation is 1. The molecule has 1 heterocycles. The van der Waals surface area contributed by atoms with Crippen molar-refractivity contribution in [3.63, 3.8) is 0 Å². The van der Waals surface area contributed by atoms with Gasteiger partial charge in [0.15, 0.2) is 0 Å². The van der Waals surface area contributed by atoms with Crippen LogP contribution in [-0.4, -0.2) is 35.1 Å². The maximum Gasteiger partial charge on any atom is 0.127 e. The molecule has 0 amide bonds. The lowest BCUT2D eigenvalue weighted by molar-refractivity contribution is 0.386. The van der Waals surface area contributed by atoms with Gasteiger partial charge in [0, 0.05) is 16.5 Å². The van der Waals surface area contributed by atoms with Gasteiger partial charge in [-0.1, -0.05) is 60.1 Å². The zero-order chi connectivity index (χ0) is 20.9. The van der Waals surface area contributed by atoms with Crippen LogP contribution in [-0.2, 0) is 6.54 Å². The average Bonchev–Trinajstić information content (AvgIpc) is 3.10. The molecule has 0 aliphatic rings. The summed E-state index contributed by atoms with van der Waals surface area (Å²) in [6, 6.07) is 27.2. The van der Waals surface area contributed by atoms with Gasteiger partial charge in [-0.3, -0.25) is 0 Å². The van der Waals surface area contributed by atoms with Gasteiger partial charge >= 0.3 is 0 Å². The van der Waals surface area contributed by atoms with Crippen LogP contribution in [0.5, 0.6) is 0 Å². The number of aromatic nitrogens is 2. The number of halogens is 1. The molecule has 3 nitrogen and oxygen atoms in total. The van der Waals surface area contributed by atoms with Crippen molar-refractivity contribution in [2.24, 2.45) is 0 Å². The largest absolute Gasteiger partial charge is 0.327 e. The fraction of sp³-hybridized carbons (Fsp3) is 0.240. The lowest BCUT2D eigenvalue weighted by atomic mass is 10.1. The van der Waals surface area contributed by atoms with E-state index in [1.54, 1.807) is 0 Å². The molecular formula is C25H26ClN3S. The fourth-order valence-electron chi connectivity index (χ4n) is 3.63. The third kappa shape index (κ3) is 4.89. The van der Waals surface area contributed by atoms with Crippen molar-refractivity contribution in [2.75, 3.05) is 20.6 Å². The summed E-state index contributed by atoms with van der Waals surface area (Å²) in [6.45, 7) is 1.94. The van der Waals surface area contributed by atoms with Crippen LogP contribution in [0.2, 0.25) is 5.02 Å². The second-order valence-electron chi connectivity index (χ2n) is 7.63. The maximum absolute atomic E-state index is 6.36. The molecule has 0 saturated heterocycles. The average molecular weight is 436 g/mol. The van der Waals surface area contributed by atoms with Gasteiger partial charge < -0.3 is 9.47 Å². The molecule has 30 heavy (non-hydrogen) atoms. The number of hydrogen-bond acceptors (Lipinski definition) is 3. The minimum atomic E-state index is 0.0964. The molecule has 0 saturated carbocycles. The Morgan fingerprint density at radius 1 is 0.967 bits per heavy atom. The molecule has 0 radical (unpaired) electrons. The number of hydrogen-bond donors (Lipinski definition) is 0. The molecule has 1 atom stereocenters. The van der Waals surface area contributed by atoms with E-state index < -0.39 is 0 Å². The van der Waals surface area contributed by atoms with Crippen LogP contribution in [0.3, 0.4) is 0 Å². The topological polar surface area (TPSA) is 21.1 Å². The maximum atomic E-state index is 6.36. The van der Waals surface area contributed by atoms with E-state index in [4.69, 9.17) is 16.6 Å². The molecule has 1 unspecified atom stereocenters. The van der Waals surface area contributed by atoms with Gasteiger partial charge in [0.1, 0.15) is 5.82 Å². The molecule has 4 rings (SSSR count). The Hall–Kier alpha value is -2.27. The molecule has 0 N–H and O–H groups in total. The first-order valence-corrected chi connectivity index (χ1v) is 11.4. The minimum absolute atomic E-state index is 0.0964. The van der Waals surface area contributed by atoms with Crippen LogP contribution < -0.4 is 0 Å². The summed E-state index contributed by atoms with van der Waals surface area (Å²) in [5.74, 6) is 1.08. The predicted octanol–water partition coefficient (Wildman–Crippen LogP) is 6.52. The van der Waals surface area contributed by atoms with E-state index in [2.05, 4.69) is 84.2 Å². The number of fused-ring (bicyclic) bond motifs is 1. The quantitative estimate of drug-likeness (QED) is 0.294. The number of rotatable bonds is 8. The third-order valence-corrected chi connectivity index (χ3v) is 6.56. The Labute approximate surface area is 187 Å². The highest BCUT2D eigenvalue weighted by Gasteiger charge is 2.23. The van der Waals surface area contributed by atoms with Gasteiger partial charge in [0.25, 0.3) is 0 Å². The molecule has 0 aliphatic heterocycles. The second-order valence-corrected chi connectivity index (χ2v) is 9.25. The predicted molar refractivity (Wildman–Crippen MR) is 128 cm³/mol. The smallest absolute Gasteiger partial charge is 0.127 e. The second kappa shape index (κ2) is 9.69. The van der Waals surface area contributed by atoms with Gasteiger partial charge in [-0.25, -0.2) is 4.98 Å². The molecule has 0 spiro atoms. The monoisotopic (exact) mass is 435 g/mol. The van der Waals surface area contributed by atoms with Crippen molar-refractivity contribution in [3.8, 4) is 0 Å². The van der Waals surface area contributed by atoms with Crippen molar-refractivity contribution in [1.29, 1.82) is 0 Å². The molecule has 0 aliphatic carbocycles. The van der Waals surface area contributed by atoms with Crippen LogP contribution >= 0.6 is 23.4 Å². The van der Waals surface area contributed by atoms with Gasteiger partial charge in [0.05, 0.1) is 16.3 Å². The summed E-state index contributed by atoms with van der Waals surface area (Å²) in [7, 11) is 4.23. The Morgan fingerprint density at radius 2 is 1.67 bits per heavy atom. The van der Waals surface area contributed by atoms with E-state index in [1.165, 1.54) is 10.5 Å². The highest BCUT2D eigenvalue weighted by atomic mass is 35.5. The number of benzene rings is 3. The lowest BCUT2D eigenvalue weighted by Crippen LogP contribution is -2.16. The van der Waals surface area contributed by atoms with Gasteiger partial charge in [-0.05, 0) is 63.0 Å². The highest BCUT2D eigenvalue weighted by molar-refractivity contribution is 7.99. The Bertz CT molecular complexity index is 1090. The van der Waals surface area contributed by atoms with Gasteiger partial charge in [-0.15, -0.1) is 11.8 Å². The normalized spacial score (nSPS) is 12.5. The summed E-state index contributed by atoms with van der Waals surface area (Å²) in [5, 5.41) is 0.842. The van der Waals surface area contributed by atoms with E-state index in [0.29, 0.717) is 0 Å². The Morgan fingerprint density at radius 3 is 2.37 bits per heavy atom. The van der Waals surface area contributed by atoms with Crippen molar-refractivity contribution in [3.05, 3.63) is 95.3 Å². The molecular weight excluding hydrogens is 410 g/mol. The fourth-order valence-corrected chi connectivity index (χ4v) is 4.96. The standard InChI is InChI=1S/C25H26ClN3S/c1-28(2)16-9-17-29-23-18-20(26)14-15-22(23)27-25(29)24(19-10-5-3-6-11-19)30-21-12-7-4-8-13-21/h3-8,10-15,18,24H,9,16-17H2,1-2H3. The van der Waals surface area contributed by atoms with Crippen LogP contribution in [0.4, 0.5) is 0 Å². The lowest BCUT2D eigenvalue weighted by Gasteiger charge is -2.20. The summed E-state index contributed by atoms with van der Waals surface area (Å²) >= 11 is 8.20. The van der Waals surface area contributed by atoms with Crippen LogP contribution in [0, 0.1) is 0 Å². The van der Waals surface area contributed by atoms with Crippen LogP contribution in [0.1, 0.15) is 23.1 Å². The van der Waals surface area contributed by atoms with E-state index in [1.807, 2.05) is 30.0 Å². The summed E-state index contributed by atoms with van der Waals surface area (Å²) in [4.78, 5) is 8.55. The SMILES string of the molecule is CN(C)CCCn1c(C(Sc2ccccc2)c2ccccc2)nc2ccc(Cl)cc21. The Kier molecular flexibility index (Phi) is 6.78. The number of imidazole rings is 1. The first-order valence-electron chi connectivity index (χ1n) is 10.2. The summed E-state index contributed by atoms with van der Waals surface area (Å²) in [5.41, 5.74) is 3.35. The van der Waals surface area contributed by atoms with Crippen LogP contribution in [0.15, 0.2) is 83.8 Å². The van der Waals surface area contributed by atoms with Crippen molar-refractivity contribution in [2.45, 2.75) is 23.1 Å². The summed E-state index contributed by atoms with van der Waals surface area (Å²) < 4.78 is 2.36.